The molecule has 4 fully saturated rings. The lowest BCUT2D eigenvalue weighted by molar-refractivity contribution is -0.0526. The van der Waals surface area contributed by atoms with E-state index in [2.05, 4.69) is 0 Å². The molecule has 4 heteroatoms. The maximum Gasteiger partial charge on any atom is 0.371 e. The normalized spacial score (nSPS) is 36.9. The van der Waals surface area contributed by atoms with E-state index in [-0.39, 0.29) is 22.7 Å². The van der Waals surface area contributed by atoms with Gasteiger partial charge in [0.15, 0.2) is 11.5 Å². The van der Waals surface area contributed by atoms with Crippen LogP contribution in [-0.2, 0) is 0 Å². The Morgan fingerprint density at radius 3 is 2.05 bits per heavy atom. The predicted molar refractivity (Wildman–Crippen MR) is 75.2 cm³/mol. The first kappa shape index (κ1) is 13.1. The number of carboxylic acids is 1. The molecule has 112 valence electrons. The minimum atomic E-state index is -1.12. The van der Waals surface area contributed by atoms with Crippen LogP contribution in [0, 0.1) is 23.2 Å². The molecule has 0 aromatic carbocycles. The lowest BCUT2D eigenvalue weighted by Crippen LogP contribution is -2.46. The Kier molecular flexibility index (Phi) is 2.78. The molecule has 0 atom stereocenters. The molecule has 4 saturated carbocycles. The highest BCUT2D eigenvalue weighted by Crippen LogP contribution is 2.61. The quantitative estimate of drug-likeness (QED) is 0.856. The van der Waals surface area contributed by atoms with Crippen LogP contribution in [0.4, 0.5) is 0 Å². The molecular formula is C17H20O4. The predicted octanol–water partition coefficient (Wildman–Crippen LogP) is 3.77. The molecule has 4 aliphatic carbocycles. The lowest BCUT2D eigenvalue weighted by atomic mass is 9.48. The molecule has 1 aromatic heterocycles. The van der Waals surface area contributed by atoms with E-state index in [1.165, 1.54) is 50.7 Å². The Labute approximate surface area is 123 Å². The fourth-order valence-electron chi connectivity index (χ4n) is 5.54. The van der Waals surface area contributed by atoms with E-state index < -0.39 is 5.97 Å². The smallest absolute Gasteiger partial charge is 0.371 e. The Bertz CT molecular complexity index is 562. The summed E-state index contributed by atoms with van der Waals surface area (Å²) in [7, 11) is 0. The Morgan fingerprint density at radius 1 is 1.05 bits per heavy atom. The first-order valence-corrected chi connectivity index (χ1v) is 7.89. The van der Waals surface area contributed by atoms with Gasteiger partial charge in [0.25, 0.3) is 0 Å². The maximum atomic E-state index is 12.5. The van der Waals surface area contributed by atoms with E-state index in [1.54, 1.807) is 0 Å². The first-order valence-electron chi connectivity index (χ1n) is 7.89. The van der Waals surface area contributed by atoms with Crippen LogP contribution in [0.3, 0.4) is 0 Å². The van der Waals surface area contributed by atoms with E-state index in [1.807, 2.05) is 0 Å². The van der Waals surface area contributed by atoms with Crippen molar-refractivity contribution in [2.45, 2.75) is 44.9 Å². The average molecular weight is 288 g/mol. The van der Waals surface area contributed by atoms with Gasteiger partial charge in [0, 0.05) is 6.42 Å². The fraction of sp³-hybridized carbons (Fsp3) is 0.647. The largest absolute Gasteiger partial charge is 0.475 e. The number of carboxylic acid groups (broad SMARTS) is 1. The third-order valence-corrected chi connectivity index (χ3v) is 5.79. The molecule has 0 unspecified atom stereocenters. The number of furan rings is 1. The molecule has 1 aromatic rings. The van der Waals surface area contributed by atoms with Crippen LogP contribution in [0.1, 0.15) is 66.1 Å². The number of Topliss-reactive ketones (excluding diaryl/α,β-unsaturated/α-hetero) is 1. The Morgan fingerprint density at radius 2 is 1.57 bits per heavy atom. The second kappa shape index (κ2) is 4.46. The van der Waals surface area contributed by atoms with E-state index in [4.69, 9.17) is 9.52 Å². The zero-order valence-electron chi connectivity index (χ0n) is 12.0. The van der Waals surface area contributed by atoms with Crippen LogP contribution >= 0.6 is 0 Å². The molecule has 5 rings (SSSR count). The van der Waals surface area contributed by atoms with Gasteiger partial charge in [-0.3, -0.25) is 4.79 Å². The van der Waals surface area contributed by atoms with Crippen molar-refractivity contribution in [1.29, 1.82) is 0 Å². The molecule has 4 aliphatic rings. The van der Waals surface area contributed by atoms with Crippen molar-refractivity contribution in [2.75, 3.05) is 0 Å². The minimum Gasteiger partial charge on any atom is -0.475 e. The summed E-state index contributed by atoms with van der Waals surface area (Å²) >= 11 is 0. The molecule has 4 bridgehead atoms. The molecular weight excluding hydrogens is 268 g/mol. The number of hydrogen-bond acceptors (Lipinski definition) is 3. The summed E-state index contributed by atoms with van der Waals surface area (Å²) in [4.78, 5) is 23.3. The van der Waals surface area contributed by atoms with Gasteiger partial charge in [-0.2, -0.15) is 0 Å². The second-order valence-electron chi connectivity index (χ2n) is 7.49. The number of aromatic carboxylic acids is 1. The highest BCUT2D eigenvalue weighted by molar-refractivity contribution is 5.95. The number of ketones is 1. The van der Waals surface area contributed by atoms with E-state index in [0.29, 0.717) is 6.42 Å². The van der Waals surface area contributed by atoms with Crippen molar-refractivity contribution in [2.24, 2.45) is 23.2 Å². The molecule has 1 heterocycles. The van der Waals surface area contributed by atoms with Gasteiger partial charge in [-0.25, -0.2) is 4.79 Å². The summed E-state index contributed by atoms with van der Waals surface area (Å²) in [6.07, 6.45) is 8.14. The second-order valence-corrected chi connectivity index (χ2v) is 7.49. The summed E-state index contributed by atoms with van der Waals surface area (Å²) in [6.45, 7) is 0. The topological polar surface area (TPSA) is 67.5 Å². The summed E-state index contributed by atoms with van der Waals surface area (Å²) in [6, 6.07) is 2.88. The zero-order chi connectivity index (χ0) is 14.6. The third kappa shape index (κ3) is 2.21. The van der Waals surface area contributed by atoms with Crippen molar-refractivity contribution in [3.63, 3.8) is 0 Å². The third-order valence-electron chi connectivity index (χ3n) is 5.79. The number of hydrogen-bond donors (Lipinski definition) is 1. The summed E-state index contributed by atoms with van der Waals surface area (Å²) in [5, 5.41) is 8.88. The maximum absolute atomic E-state index is 12.5. The molecule has 4 nitrogen and oxygen atoms in total. The van der Waals surface area contributed by atoms with Gasteiger partial charge in [-0.15, -0.1) is 0 Å². The zero-order valence-corrected chi connectivity index (χ0v) is 12.0. The van der Waals surface area contributed by atoms with Crippen LogP contribution in [0.5, 0.6) is 0 Å². The van der Waals surface area contributed by atoms with Crippen molar-refractivity contribution >= 4 is 11.8 Å². The number of carbonyl (C=O) groups excluding carboxylic acids is 1. The Balaban J connectivity index is 1.52. The molecule has 0 radical (unpaired) electrons. The summed E-state index contributed by atoms with van der Waals surface area (Å²) in [5.74, 6) is 1.36. The standard InChI is InChI=1S/C17H20O4/c18-13(14-1-2-15(21-14)16(19)20)9-17-6-10-3-11(7-17)5-12(4-10)8-17/h1-2,10-12H,3-9H2,(H,19,20). The van der Waals surface area contributed by atoms with Crippen LogP contribution in [0.2, 0.25) is 0 Å². The number of carbonyl (C=O) groups is 2. The van der Waals surface area contributed by atoms with Crippen molar-refractivity contribution in [1.82, 2.24) is 0 Å². The van der Waals surface area contributed by atoms with E-state index in [9.17, 15) is 9.59 Å². The van der Waals surface area contributed by atoms with Gasteiger partial charge >= 0.3 is 5.97 Å². The van der Waals surface area contributed by atoms with Gasteiger partial charge in [-0.1, -0.05) is 0 Å². The van der Waals surface area contributed by atoms with Crippen LogP contribution in [0.15, 0.2) is 16.5 Å². The molecule has 1 N–H and O–H groups in total. The van der Waals surface area contributed by atoms with E-state index >= 15 is 0 Å². The average Bonchev–Trinajstić information content (AvgIpc) is 2.85. The SMILES string of the molecule is O=C(O)c1ccc(C(=O)CC23CC4CC(CC(C4)C2)C3)o1. The summed E-state index contributed by atoms with van der Waals surface area (Å²) in [5.41, 5.74) is 0.169. The van der Waals surface area contributed by atoms with Crippen LogP contribution in [-0.4, -0.2) is 16.9 Å². The fourth-order valence-corrected chi connectivity index (χ4v) is 5.54. The monoisotopic (exact) mass is 288 g/mol. The molecule has 0 spiro atoms. The van der Waals surface area contributed by atoms with Crippen LogP contribution < -0.4 is 0 Å². The highest BCUT2D eigenvalue weighted by Gasteiger charge is 2.51. The van der Waals surface area contributed by atoms with Crippen LogP contribution in [0.25, 0.3) is 0 Å². The molecule has 0 aliphatic heterocycles. The van der Waals surface area contributed by atoms with Crippen molar-refractivity contribution in [3.8, 4) is 0 Å². The lowest BCUT2D eigenvalue weighted by Gasteiger charge is -2.56. The highest BCUT2D eigenvalue weighted by atomic mass is 16.4. The van der Waals surface area contributed by atoms with Gasteiger partial charge in [0.05, 0.1) is 0 Å². The van der Waals surface area contributed by atoms with Gasteiger partial charge < -0.3 is 9.52 Å². The van der Waals surface area contributed by atoms with Gasteiger partial charge in [-0.05, 0) is 73.8 Å². The summed E-state index contributed by atoms with van der Waals surface area (Å²) < 4.78 is 5.17. The van der Waals surface area contributed by atoms with Gasteiger partial charge in [0.1, 0.15) is 0 Å². The molecule has 21 heavy (non-hydrogen) atoms. The van der Waals surface area contributed by atoms with Crippen molar-refractivity contribution in [3.05, 3.63) is 23.7 Å². The van der Waals surface area contributed by atoms with Crippen molar-refractivity contribution < 1.29 is 19.1 Å². The molecule has 0 amide bonds. The molecule has 0 saturated heterocycles. The Hall–Kier alpha value is -1.58. The minimum absolute atomic E-state index is 0.0237. The number of rotatable bonds is 4. The van der Waals surface area contributed by atoms with E-state index in [0.717, 1.165) is 17.8 Å². The first-order chi connectivity index (χ1) is 10.0. The van der Waals surface area contributed by atoms with Gasteiger partial charge in [0.2, 0.25) is 5.76 Å².